The molecule has 1 rings (SSSR count). The van der Waals surface area contributed by atoms with Gasteiger partial charge >= 0.3 is 23.9 Å². The van der Waals surface area contributed by atoms with Crippen LogP contribution in [0.2, 0.25) is 0 Å². The lowest BCUT2D eigenvalue weighted by atomic mass is 9.80. The van der Waals surface area contributed by atoms with Gasteiger partial charge in [-0.15, -0.1) is 0 Å². The van der Waals surface area contributed by atoms with Gasteiger partial charge < -0.3 is 20.4 Å². The number of rotatable bonds is 18. The van der Waals surface area contributed by atoms with Crippen LogP contribution in [0.25, 0.3) is 0 Å². The summed E-state index contributed by atoms with van der Waals surface area (Å²) in [5.74, 6) is -6.40. The van der Waals surface area contributed by atoms with E-state index < -0.39 is 35.7 Å². The minimum absolute atomic E-state index is 0.180. The van der Waals surface area contributed by atoms with E-state index in [2.05, 4.69) is 12.2 Å². The molecule has 0 aliphatic heterocycles. The minimum Gasteiger partial charge on any atom is -0.481 e. The number of hydrogen-bond donors (Lipinski definition) is 4. The largest absolute Gasteiger partial charge is 0.481 e. The van der Waals surface area contributed by atoms with Crippen molar-refractivity contribution in [1.29, 1.82) is 0 Å². The van der Waals surface area contributed by atoms with Gasteiger partial charge in [0.2, 0.25) is 0 Å². The van der Waals surface area contributed by atoms with Crippen molar-refractivity contribution in [3.63, 3.8) is 0 Å². The maximum atomic E-state index is 10.9. The molecule has 0 saturated heterocycles. The number of carbonyl (C=O) groups is 4. The first kappa shape index (κ1) is 28.7. The number of allylic oxidation sites excluding steroid dienone is 2. The fourth-order valence-corrected chi connectivity index (χ4v) is 4.78. The van der Waals surface area contributed by atoms with Crippen LogP contribution in [0.5, 0.6) is 0 Å². The minimum atomic E-state index is -1.31. The fourth-order valence-electron chi connectivity index (χ4n) is 4.78. The Morgan fingerprint density at radius 1 is 0.606 bits per heavy atom. The highest BCUT2D eigenvalue weighted by Gasteiger charge is 2.26. The summed E-state index contributed by atoms with van der Waals surface area (Å²) >= 11 is 0. The van der Waals surface area contributed by atoms with Crippen molar-refractivity contribution in [2.45, 2.75) is 96.3 Å². The molecule has 0 aromatic carbocycles. The monoisotopic (exact) mass is 468 g/mol. The van der Waals surface area contributed by atoms with Gasteiger partial charge in [0.05, 0.1) is 0 Å². The van der Waals surface area contributed by atoms with E-state index in [-0.39, 0.29) is 12.8 Å². The van der Waals surface area contributed by atoms with Crippen LogP contribution in [-0.2, 0) is 19.2 Å². The van der Waals surface area contributed by atoms with Crippen LogP contribution in [0.4, 0.5) is 0 Å². The molecule has 33 heavy (non-hydrogen) atoms. The van der Waals surface area contributed by atoms with E-state index in [1.54, 1.807) is 0 Å². The average Bonchev–Trinajstić information content (AvgIpc) is 2.96. The third-order valence-corrected chi connectivity index (χ3v) is 6.80. The second-order valence-electron chi connectivity index (χ2n) is 9.25. The highest BCUT2D eigenvalue weighted by Crippen LogP contribution is 2.33. The summed E-state index contributed by atoms with van der Waals surface area (Å²) in [6.45, 7) is 0. The molecule has 2 unspecified atom stereocenters. The van der Waals surface area contributed by atoms with E-state index in [9.17, 15) is 19.2 Å². The molecule has 0 saturated carbocycles. The highest BCUT2D eigenvalue weighted by molar-refractivity contribution is 5.93. The van der Waals surface area contributed by atoms with Crippen LogP contribution in [0, 0.1) is 23.7 Å². The average molecular weight is 469 g/mol. The van der Waals surface area contributed by atoms with E-state index in [0.717, 1.165) is 64.2 Å². The van der Waals surface area contributed by atoms with Gasteiger partial charge in [-0.05, 0) is 50.4 Å². The molecule has 0 heterocycles. The summed E-state index contributed by atoms with van der Waals surface area (Å²) in [4.78, 5) is 43.7. The molecule has 2 atom stereocenters. The van der Waals surface area contributed by atoms with Crippen LogP contribution < -0.4 is 0 Å². The van der Waals surface area contributed by atoms with Gasteiger partial charge in [0.25, 0.3) is 0 Å². The molecule has 1 aliphatic carbocycles. The summed E-state index contributed by atoms with van der Waals surface area (Å²) in [5, 5.41) is 35.7. The summed E-state index contributed by atoms with van der Waals surface area (Å²) < 4.78 is 0. The highest BCUT2D eigenvalue weighted by atomic mass is 16.4. The lowest BCUT2D eigenvalue weighted by molar-refractivity contribution is -0.156. The third kappa shape index (κ3) is 11.9. The van der Waals surface area contributed by atoms with Crippen molar-refractivity contribution < 1.29 is 39.6 Å². The molecular weight excluding hydrogens is 428 g/mol. The number of carboxylic acids is 4. The molecule has 188 valence electrons. The third-order valence-electron chi connectivity index (χ3n) is 6.80. The standard InChI is InChI=1S/C25H40O8/c26-22(27)20(23(28)29)16-10-3-1-6-12-18-14-8-5-9-15-19(18)13-7-2-4-11-17-21(24(30)31)25(32)33/h5,8,18-21H,1-4,6-7,9-17H2,(H,26,27)(H,28,29)(H,30,31)(H,32,33). The second kappa shape index (κ2) is 16.3. The summed E-state index contributed by atoms with van der Waals surface area (Å²) in [6.07, 6.45) is 17.5. The van der Waals surface area contributed by atoms with Crippen molar-refractivity contribution in [1.82, 2.24) is 0 Å². The van der Waals surface area contributed by atoms with Crippen LogP contribution in [0.1, 0.15) is 96.3 Å². The Morgan fingerprint density at radius 3 is 1.48 bits per heavy atom. The molecule has 0 fully saturated rings. The first-order valence-corrected chi connectivity index (χ1v) is 12.3. The molecule has 8 heteroatoms. The lowest BCUT2D eigenvalue weighted by Gasteiger charge is -2.25. The quantitative estimate of drug-likeness (QED) is 0.122. The predicted molar refractivity (Wildman–Crippen MR) is 123 cm³/mol. The maximum absolute atomic E-state index is 10.9. The first-order valence-electron chi connectivity index (χ1n) is 12.3. The zero-order valence-electron chi connectivity index (χ0n) is 19.5. The Bertz CT molecular complexity index is 629. The summed E-state index contributed by atoms with van der Waals surface area (Å²) in [5.41, 5.74) is 0. The predicted octanol–water partition coefficient (Wildman–Crippen LogP) is 5.21. The molecule has 0 aromatic rings. The molecule has 4 N–H and O–H groups in total. The van der Waals surface area contributed by atoms with Gasteiger partial charge in [0.1, 0.15) is 0 Å². The van der Waals surface area contributed by atoms with Gasteiger partial charge in [-0.1, -0.05) is 69.9 Å². The maximum Gasteiger partial charge on any atom is 0.317 e. The number of aliphatic carboxylic acids is 4. The molecule has 0 bridgehead atoms. The lowest BCUT2D eigenvalue weighted by Crippen LogP contribution is -2.23. The van der Waals surface area contributed by atoms with Crippen molar-refractivity contribution in [3.05, 3.63) is 12.2 Å². The topological polar surface area (TPSA) is 149 Å². The molecule has 0 spiro atoms. The van der Waals surface area contributed by atoms with Gasteiger partial charge in [0, 0.05) is 0 Å². The second-order valence-corrected chi connectivity index (χ2v) is 9.25. The van der Waals surface area contributed by atoms with Crippen LogP contribution in [0.15, 0.2) is 12.2 Å². The van der Waals surface area contributed by atoms with E-state index >= 15 is 0 Å². The number of unbranched alkanes of at least 4 members (excludes halogenated alkanes) is 6. The molecule has 0 radical (unpaired) electrons. The zero-order valence-corrected chi connectivity index (χ0v) is 19.5. The van der Waals surface area contributed by atoms with Crippen LogP contribution in [0.3, 0.4) is 0 Å². The first-order chi connectivity index (χ1) is 15.7. The van der Waals surface area contributed by atoms with E-state index in [0.29, 0.717) is 24.7 Å². The van der Waals surface area contributed by atoms with Crippen molar-refractivity contribution in [2.24, 2.45) is 23.7 Å². The van der Waals surface area contributed by atoms with E-state index in [1.165, 1.54) is 6.42 Å². The van der Waals surface area contributed by atoms with Crippen molar-refractivity contribution >= 4 is 23.9 Å². The Hall–Kier alpha value is -2.38. The number of carboxylic acid groups (broad SMARTS) is 4. The van der Waals surface area contributed by atoms with Crippen molar-refractivity contribution in [2.75, 3.05) is 0 Å². The van der Waals surface area contributed by atoms with E-state index in [4.69, 9.17) is 20.4 Å². The zero-order chi connectivity index (χ0) is 24.6. The Morgan fingerprint density at radius 2 is 1.03 bits per heavy atom. The van der Waals surface area contributed by atoms with Gasteiger partial charge in [-0.25, -0.2) is 0 Å². The Kier molecular flexibility index (Phi) is 14.1. The molecular formula is C25H40O8. The summed E-state index contributed by atoms with van der Waals surface area (Å²) in [6, 6.07) is 0. The SMILES string of the molecule is O=C(O)C(CCCCCCC1CC=CCCC1CCCCCCC(C(=O)O)C(=O)O)C(=O)O. The van der Waals surface area contributed by atoms with Crippen LogP contribution in [-0.4, -0.2) is 44.3 Å². The van der Waals surface area contributed by atoms with Crippen LogP contribution >= 0.6 is 0 Å². The molecule has 8 nitrogen and oxygen atoms in total. The molecule has 0 amide bonds. The van der Waals surface area contributed by atoms with Gasteiger partial charge in [-0.3, -0.25) is 19.2 Å². The fraction of sp³-hybridized carbons (Fsp3) is 0.760. The smallest absolute Gasteiger partial charge is 0.317 e. The Balaban J connectivity index is 2.27. The normalized spacial score (nSPS) is 18.4. The van der Waals surface area contributed by atoms with Crippen molar-refractivity contribution in [3.8, 4) is 0 Å². The van der Waals surface area contributed by atoms with Gasteiger partial charge in [0.15, 0.2) is 11.8 Å². The molecule has 0 aromatic heterocycles. The van der Waals surface area contributed by atoms with Gasteiger partial charge in [-0.2, -0.15) is 0 Å². The Labute approximate surface area is 196 Å². The summed E-state index contributed by atoms with van der Waals surface area (Å²) in [7, 11) is 0. The van der Waals surface area contributed by atoms with E-state index in [1.807, 2.05) is 0 Å². The number of hydrogen-bond acceptors (Lipinski definition) is 4. The molecule has 1 aliphatic rings.